The molecule has 2 N–H and O–H groups in total. The van der Waals surface area contributed by atoms with E-state index in [1.165, 1.54) is 0 Å². The Morgan fingerprint density at radius 3 is 2.76 bits per heavy atom. The summed E-state index contributed by atoms with van der Waals surface area (Å²) in [5.41, 5.74) is 2.26. The second-order valence-corrected chi connectivity index (χ2v) is 4.51. The molecule has 0 saturated heterocycles. The maximum Gasteiger partial charge on any atom is 0.251 e. The van der Waals surface area contributed by atoms with Gasteiger partial charge in [0.25, 0.3) is 5.91 Å². The van der Waals surface area contributed by atoms with E-state index in [9.17, 15) is 4.79 Å². The standard InChI is InChI=1S/C16H21NO4/c1-12-9-14(7-6-13(12)5-4-8-18)16(19)17-10-15(21-3)11-20-2/h6-7,9,15,18H,8,10-11H2,1-3H3,(H,17,19). The SMILES string of the molecule is COCC(CNC(=O)c1ccc(C#CCO)c(C)c1)OC. The summed E-state index contributed by atoms with van der Waals surface area (Å²) in [6.45, 7) is 2.50. The highest BCUT2D eigenvalue weighted by Gasteiger charge is 2.11. The Morgan fingerprint density at radius 2 is 2.19 bits per heavy atom. The van der Waals surface area contributed by atoms with E-state index in [0.29, 0.717) is 18.7 Å². The summed E-state index contributed by atoms with van der Waals surface area (Å²) in [4.78, 5) is 12.1. The highest BCUT2D eigenvalue weighted by molar-refractivity contribution is 5.94. The van der Waals surface area contributed by atoms with Crippen LogP contribution < -0.4 is 5.32 Å². The average Bonchev–Trinajstić information content (AvgIpc) is 2.49. The van der Waals surface area contributed by atoms with E-state index in [1.54, 1.807) is 32.4 Å². The number of aliphatic hydroxyl groups is 1. The first-order valence-electron chi connectivity index (χ1n) is 6.62. The maximum atomic E-state index is 12.1. The number of nitrogens with one attached hydrogen (secondary N) is 1. The Hall–Kier alpha value is -1.87. The number of rotatable bonds is 6. The summed E-state index contributed by atoms with van der Waals surface area (Å²) in [5.74, 6) is 5.26. The van der Waals surface area contributed by atoms with Crippen LogP contribution in [0.15, 0.2) is 18.2 Å². The number of carbonyl (C=O) groups is 1. The van der Waals surface area contributed by atoms with Crippen molar-refractivity contribution >= 4 is 5.91 Å². The molecule has 0 radical (unpaired) electrons. The first-order chi connectivity index (χ1) is 10.1. The fourth-order valence-corrected chi connectivity index (χ4v) is 1.78. The second kappa shape index (κ2) is 9.14. The van der Waals surface area contributed by atoms with Gasteiger partial charge in [-0.25, -0.2) is 0 Å². The third-order valence-corrected chi connectivity index (χ3v) is 2.97. The van der Waals surface area contributed by atoms with Crippen LogP contribution in [0.4, 0.5) is 0 Å². The molecule has 0 spiro atoms. The van der Waals surface area contributed by atoms with E-state index >= 15 is 0 Å². The van der Waals surface area contributed by atoms with E-state index < -0.39 is 0 Å². The molecule has 5 heteroatoms. The van der Waals surface area contributed by atoms with Gasteiger partial charge in [0.05, 0.1) is 12.7 Å². The summed E-state index contributed by atoms with van der Waals surface area (Å²) in [5, 5.41) is 11.5. The van der Waals surface area contributed by atoms with Crippen molar-refractivity contribution in [3.05, 3.63) is 34.9 Å². The van der Waals surface area contributed by atoms with Crippen molar-refractivity contribution < 1.29 is 19.4 Å². The molecule has 0 fully saturated rings. The zero-order chi connectivity index (χ0) is 15.7. The van der Waals surface area contributed by atoms with Gasteiger partial charge in [-0.05, 0) is 30.7 Å². The van der Waals surface area contributed by atoms with Crippen LogP contribution in [-0.4, -0.2) is 51.1 Å². The van der Waals surface area contributed by atoms with Gasteiger partial charge in [-0.15, -0.1) is 0 Å². The minimum Gasteiger partial charge on any atom is -0.384 e. The normalized spacial score (nSPS) is 11.4. The van der Waals surface area contributed by atoms with Crippen LogP contribution in [0.1, 0.15) is 21.5 Å². The first-order valence-corrected chi connectivity index (χ1v) is 6.62. The Labute approximate surface area is 125 Å². The number of ether oxygens (including phenoxy) is 2. The number of aliphatic hydroxyl groups excluding tert-OH is 1. The molecular weight excluding hydrogens is 270 g/mol. The van der Waals surface area contributed by atoms with Crippen LogP contribution in [-0.2, 0) is 9.47 Å². The Bertz CT molecular complexity index is 531. The number of hydrogen-bond acceptors (Lipinski definition) is 4. The molecule has 21 heavy (non-hydrogen) atoms. The van der Waals surface area contributed by atoms with Crippen LogP contribution in [0.25, 0.3) is 0 Å². The molecule has 0 heterocycles. The molecule has 1 aromatic carbocycles. The lowest BCUT2D eigenvalue weighted by Gasteiger charge is -2.15. The number of hydrogen-bond donors (Lipinski definition) is 2. The first kappa shape index (κ1) is 17.2. The van der Waals surface area contributed by atoms with E-state index in [2.05, 4.69) is 17.2 Å². The number of carbonyl (C=O) groups excluding carboxylic acids is 1. The van der Waals surface area contributed by atoms with Crippen molar-refractivity contribution in [3.8, 4) is 11.8 Å². The molecule has 0 aliphatic carbocycles. The summed E-state index contributed by atoms with van der Waals surface area (Å²) in [6.07, 6.45) is -0.172. The van der Waals surface area contributed by atoms with Crippen molar-refractivity contribution in [1.29, 1.82) is 0 Å². The monoisotopic (exact) mass is 291 g/mol. The fraction of sp³-hybridized carbons (Fsp3) is 0.438. The predicted octanol–water partition coefficient (Wildman–Crippen LogP) is 0.730. The van der Waals surface area contributed by atoms with Gasteiger partial charge >= 0.3 is 0 Å². The molecule has 0 aliphatic heterocycles. The summed E-state index contributed by atoms with van der Waals surface area (Å²) in [7, 11) is 3.16. The molecule has 1 aromatic rings. The predicted molar refractivity (Wildman–Crippen MR) is 80.1 cm³/mol. The van der Waals surface area contributed by atoms with E-state index in [0.717, 1.165) is 11.1 Å². The quantitative estimate of drug-likeness (QED) is 0.758. The van der Waals surface area contributed by atoms with Crippen LogP contribution >= 0.6 is 0 Å². The third kappa shape index (κ3) is 5.56. The van der Waals surface area contributed by atoms with Crippen LogP contribution in [0.3, 0.4) is 0 Å². The van der Waals surface area contributed by atoms with Crippen molar-refractivity contribution in [2.24, 2.45) is 0 Å². The van der Waals surface area contributed by atoms with E-state index in [1.807, 2.05) is 6.92 Å². The molecule has 0 aromatic heterocycles. The minimum absolute atomic E-state index is 0.169. The molecular formula is C16H21NO4. The van der Waals surface area contributed by atoms with Gasteiger partial charge in [-0.3, -0.25) is 4.79 Å². The number of amides is 1. The van der Waals surface area contributed by atoms with Crippen LogP contribution in [0.2, 0.25) is 0 Å². The van der Waals surface area contributed by atoms with Crippen molar-refractivity contribution in [2.75, 3.05) is 34.0 Å². The van der Waals surface area contributed by atoms with Gasteiger partial charge in [0.1, 0.15) is 6.61 Å². The van der Waals surface area contributed by atoms with Gasteiger partial charge in [0, 0.05) is 31.9 Å². The summed E-state index contributed by atoms with van der Waals surface area (Å²) >= 11 is 0. The van der Waals surface area contributed by atoms with Gasteiger partial charge in [0.15, 0.2) is 0 Å². The fourth-order valence-electron chi connectivity index (χ4n) is 1.78. The zero-order valence-electron chi connectivity index (χ0n) is 12.6. The van der Waals surface area contributed by atoms with Gasteiger partial charge < -0.3 is 19.9 Å². The maximum absolute atomic E-state index is 12.1. The lowest BCUT2D eigenvalue weighted by atomic mass is 10.0. The van der Waals surface area contributed by atoms with Crippen molar-refractivity contribution in [1.82, 2.24) is 5.32 Å². The smallest absolute Gasteiger partial charge is 0.251 e. The number of aryl methyl sites for hydroxylation is 1. The highest BCUT2D eigenvalue weighted by atomic mass is 16.5. The zero-order valence-corrected chi connectivity index (χ0v) is 12.6. The number of benzene rings is 1. The topological polar surface area (TPSA) is 67.8 Å². The number of methoxy groups -OCH3 is 2. The molecule has 1 unspecified atom stereocenters. The Kier molecular flexibility index (Phi) is 7.48. The van der Waals surface area contributed by atoms with Crippen molar-refractivity contribution in [2.45, 2.75) is 13.0 Å². The average molecular weight is 291 g/mol. The largest absolute Gasteiger partial charge is 0.384 e. The van der Waals surface area contributed by atoms with E-state index in [4.69, 9.17) is 14.6 Å². The molecule has 1 rings (SSSR count). The molecule has 1 amide bonds. The van der Waals surface area contributed by atoms with Gasteiger partial charge in [-0.2, -0.15) is 0 Å². The second-order valence-electron chi connectivity index (χ2n) is 4.51. The van der Waals surface area contributed by atoms with Gasteiger partial charge in [-0.1, -0.05) is 11.8 Å². The Balaban J connectivity index is 2.68. The summed E-state index contributed by atoms with van der Waals surface area (Å²) < 4.78 is 10.2. The van der Waals surface area contributed by atoms with Crippen molar-refractivity contribution in [3.63, 3.8) is 0 Å². The minimum atomic E-state index is -0.181. The molecule has 0 aliphatic rings. The van der Waals surface area contributed by atoms with E-state index in [-0.39, 0.29) is 18.6 Å². The molecule has 1 atom stereocenters. The lowest BCUT2D eigenvalue weighted by Crippen LogP contribution is -2.35. The summed E-state index contributed by atoms with van der Waals surface area (Å²) in [6, 6.07) is 5.26. The molecule has 0 bridgehead atoms. The van der Waals surface area contributed by atoms with Crippen LogP contribution in [0.5, 0.6) is 0 Å². The van der Waals surface area contributed by atoms with Crippen LogP contribution in [0, 0.1) is 18.8 Å². The Morgan fingerprint density at radius 1 is 1.43 bits per heavy atom. The lowest BCUT2D eigenvalue weighted by molar-refractivity contribution is 0.0285. The molecule has 114 valence electrons. The van der Waals surface area contributed by atoms with Gasteiger partial charge in [0.2, 0.25) is 0 Å². The molecule has 5 nitrogen and oxygen atoms in total. The molecule has 0 saturated carbocycles. The third-order valence-electron chi connectivity index (χ3n) is 2.97. The highest BCUT2D eigenvalue weighted by Crippen LogP contribution is 2.10.